The molecule has 1 aliphatic rings. The summed E-state index contributed by atoms with van der Waals surface area (Å²) in [5.41, 5.74) is 0.984. The van der Waals surface area contributed by atoms with Gasteiger partial charge in [0.2, 0.25) is 0 Å². The van der Waals surface area contributed by atoms with Gasteiger partial charge in [0.25, 0.3) is 5.91 Å². The molecule has 1 N–H and O–H groups in total. The van der Waals surface area contributed by atoms with Crippen LogP contribution in [0.4, 0.5) is 0 Å². The Bertz CT molecular complexity index is 1090. The SMILES string of the molecule is COc1cccc(CNC(=S)N2CCCN2C(=O)c2ccccc2S(C)(=O)=O)c1OC. The third kappa shape index (κ3) is 4.91. The average molecular weight is 464 g/mol. The number of carbonyl (C=O) groups is 1. The highest BCUT2D eigenvalue weighted by atomic mass is 32.2. The van der Waals surface area contributed by atoms with Crippen LogP contribution in [0.1, 0.15) is 22.3 Å². The van der Waals surface area contributed by atoms with Gasteiger partial charge in [-0.1, -0.05) is 24.3 Å². The Morgan fingerprint density at radius 1 is 1.06 bits per heavy atom. The molecule has 0 atom stereocenters. The van der Waals surface area contributed by atoms with Crippen LogP contribution < -0.4 is 14.8 Å². The number of sulfone groups is 1. The summed E-state index contributed by atoms with van der Waals surface area (Å²) in [7, 11) is -0.406. The van der Waals surface area contributed by atoms with Crippen molar-refractivity contribution in [1.82, 2.24) is 15.3 Å². The summed E-state index contributed by atoms with van der Waals surface area (Å²) in [6.45, 7) is 1.37. The molecule has 0 bridgehead atoms. The number of nitrogens with one attached hydrogen (secondary N) is 1. The van der Waals surface area contributed by atoms with Crippen LogP contribution in [0.2, 0.25) is 0 Å². The zero-order valence-corrected chi connectivity index (χ0v) is 19.3. The molecule has 1 fully saturated rings. The first-order valence-electron chi connectivity index (χ1n) is 9.64. The third-order valence-electron chi connectivity index (χ3n) is 4.93. The summed E-state index contributed by atoms with van der Waals surface area (Å²) >= 11 is 5.54. The topological polar surface area (TPSA) is 88.2 Å². The van der Waals surface area contributed by atoms with Gasteiger partial charge in [0.05, 0.1) is 24.7 Å². The molecular weight excluding hydrogens is 438 g/mol. The van der Waals surface area contributed by atoms with E-state index in [9.17, 15) is 13.2 Å². The van der Waals surface area contributed by atoms with Gasteiger partial charge < -0.3 is 14.8 Å². The van der Waals surface area contributed by atoms with Crippen LogP contribution in [0, 0.1) is 0 Å². The summed E-state index contributed by atoms with van der Waals surface area (Å²) in [6.07, 6.45) is 1.81. The highest BCUT2D eigenvalue weighted by Gasteiger charge is 2.32. The van der Waals surface area contributed by atoms with Crippen LogP contribution in [-0.4, -0.2) is 63.0 Å². The fourth-order valence-electron chi connectivity index (χ4n) is 3.49. The fourth-order valence-corrected chi connectivity index (χ4v) is 4.64. The van der Waals surface area contributed by atoms with Crippen molar-refractivity contribution in [3.8, 4) is 11.5 Å². The predicted octanol–water partition coefficient (Wildman–Crippen LogP) is 2.24. The van der Waals surface area contributed by atoms with Crippen LogP contribution in [0.15, 0.2) is 47.4 Å². The van der Waals surface area contributed by atoms with Crippen LogP contribution in [0.5, 0.6) is 11.5 Å². The molecule has 166 valence electrons. The van der Waals surface area contributed by atoms with Gasteiger partial charge in [-0.05, 0) is 36.8 Å². The Morgan fingerprint density at radius 2 is 1.77 bits per heavy atom. The van der Waals surface area contributed by atoms with Gasteiger partial charge in [0.15, 0.2) is 26.4 Å². The van der Waals surface area contributed by atoms with E-state index >= 15 is 0 Å². The second-order valence-electron chi connectivity index (χ2n) is 6.98. The maximum atomic E-state index is 13.2. The van der Waals surface area contributed by atoms with Gasteiger partial charge in [-0.25, -0.2) is 13.4 Å². The number of methoxy groups -OCH3 is 2. The van der Waals surface area contributed by atoms with Gasteiger partial charge in [-0.2, -0.15) is 0 Å². The summed E-state index contributed by atoms with van der Waals surface area (Å²) in [6, 6.07) is 11.8. The van der Waals surface area contributed by atoms with Gasteiger partial charge in [0.1, 0.15) is 0 Å². The molecule has 0 unspecified atom stereocenters. The van der Waals surface area contributed by atoms with E-state index in [1.54, 1.807) is 37.4 Å². The summed E-state index contributed by atoms with van der Waals surface area (Å²) < 4.78 is 35.0. The molecule has 1 saturated heterocycles. The highest BCUT2D eigenvalue weighted by Crippen LogP contribution is 2.30. The molecule has 1 aliphatic heterocycles. The molecule has 2 aromatic carbocycles. The lowest BCUT2D eigenvalue weighted by Gasteiger charge is -2.30. The molecule has 1 heterocycles. The lowest BCUT2D eigenvalue weighted by molar-refractivity contribution is 0.0487. The first kappa shape index (κ1) is 22.8. The van der Waals surface area contributed by atoms with Crippen molar-refractivity contribution < 1.29 is 22.7 Å². The lowest BCUT2D eigenvalue weighted by atomic mass is 10.2. The second kappa shape index (κ2) is 9.52. The van der Waals surface area contributed by atoms with E-state index in [4.69, 9.17) is 21.7 Å². The number of ether oxygens (including phenoxy) is 2. The quantitative estimate of drug-likeness (QED) is 0.653. The molecule has 8 nitrogen and oxygen atoms in total. The molecule has 3 rings (SSSR count). The molecule has 1 amide bonds. The molecule has 0 aliphatic carbocycles. The normalized spacial score (nSPS) is 13.8. The van der Waals surface area contributed by atoms with Crippen molar-refractivity contribution in [3.05, 3.63) is 53.6 Å². The lowest BCUT2D eigenvalue weighted by Crippen LogP contribution is -2.49. The number of carbonyl (C=O) groups excluding carboxylic acids is 1. The predicted molar refractivity (Wildman–Crippen MR) is 121 cm³/mol. The maximum Gasteiger partial charge on any atom is 0.273 e. The van der Waals surface area contributed by atoms with E-state index < -0.39 is 15.7 Å². The number of amides is 1. The van der Waals surface area contributed by atoms with E-state index in [1.807, 2.05) is 12.1 Å². The van der Waals surface area contributed by atoms with E-state index in [0.717, 1.165) is 18.2 Å². The average Bonchev–Trinajstić information content (AvgIpc) is 3.26. The third-order valence-corrected chi connectivity index (χ3v) is 6.44. The minimum atomic E-state index is -3.55. The molecular formula is C21H25N3O5S2. The molecule has 31 heavy (non-hydrogen) atoms. The second-order valence-corrected chi connectivity index (χ2v) is 9.36. The van der Waals surface area contributed by atoms with E-state index in [-0.39, 0.29) is 10.5 Å². The molecule has 0 saturated carbocycles. The Balaban J connectivity index is 1.77. The largest absolute Gasteiger partial charge is 0.493 e. The van der Waals surface area contributed by atoms with E-state index in [2.05, 4.69) is 5.32 Å². The van der Waals surface area contributed by atoms with Crippen LogP contribution in [0.25, 0.3) is 0 Å². The number of benzene rings is 2. The molecule has 0 spiro atoms. The summed E-state index contributed by atoms with van der Waals surface area (Å²) in [5, 5.41) is 6.68. The number of thiocarbonyl (C=S) groups is 1. The maximum absolute atomic E-state index is 13.2. The number of hydrazine groups is 1. The standard InChI is InChI=1S/C21H25N3O5S2/c1-28-17-10-6-8-15(19(17)29-2)14-22-21(30)24-13-7-12-23(24)20(25)16-9-4-5-11-18(16)31(3,26)27/h4-6,8-11H,7,12-14H2,1-3H3,(H,22,30). The Hall–Kier alpha value is -2.85. The Kier molecular flexibility index (Phi) is 7.01. The van der Waals surface area contributed by atoms with Crippen LogP contribution in [0.3, 0.4) is 0 Å². The number of nitrogens with zero attached hydrogens (tertiary/aromatic N) is 2. The number of para-hydroxylation sites is 1. The van der Waals surface area contributed by atoms with Gasteiger partial charge >= 0.3 is 0 Å². The number of hydrogen-bond donors (Lipinski definition) is 1. The summed E-state index contributed by atoms with van der Waals surface area (Å²) in [4.78, 5) is 13.2. The number of rotatable bonds is 6. The van der Waals surface area contributed by atoms with Gasteiger partial charge in [-0.15, -0.1) is 0 Å². The van der Waals surface area contributed by atoms with Crippen LogP contribution >= 0.6 is 12.2 Å². The minimum absolute atomic E-state index is 0.00634. The highest BCUT2D eigenvalue weighted by molar-refractivity contribution is 7.90. The van der Waals surface area contributed by atoms with Crippen molar-refractivity contribution in [3.63, 3.8) is 0 Å². The Labute approximate surface area is 187 Å². The van der Waals surface area contributed by atoms with Crippen molar-refractivity contribution >= 4 is 33.1 Å². The van der Waals surface area contributed by atoms with Crippen LogP contribution in [-0.2, 0) is 16.4 Å². The summed E-state index contributed by atoms with van der Waals surface area (Å²) in [5.74, 6) is 0.821. The van der Waals surface area contributed by atoms with Crippen molar-refractivity contribution in [2.24, 2.45) is 0 Å². The first-order chi connectivity index (χ1) is 14.8. The van der Waals surface area contributed by atoms with Gasteiger partial charge in [-0.3, -0.25) is 9.80 Å². The molecule has 2 aromatic rings. The van der Waals surface area contributed by atoms with E-state index in [0.29, 0.717) is 36.2 Å². The molecule has 0 radical (unpaired) electrons. The minimum Gasteiger partial charge on any atom is -0.493 e. The van der Waals surface area contributed by atoms with E-state index in [1.165, 1.54) is 17.1 Å². The van der Waals surface area contributed by atoms with Crippen molar-refractivity contribution in [2.45, 2.75) is 17.9 Å². The molecule has 10 heteroatoms. The smallest absolute Gasteiger partial charge is 0.273 e. The Morgan fingerprint density at radius 3 is 2.45 bits per heavy atom. The van der Waals surface area contributed by atoms with Gasteiger partial charge in [0, 0.05) is 31.5 Å². The molecule has 0 aromatic heterocycles. The monoisotopic (exact) mass is 463 g/mol. The van der Waals surface area contributed by atoms with Crippen molar-refractivity contribution in [1.29, 1.82) is 0 Å². The number of hydrogen-bond acceptors (Lipinski definition) is 6. The van der Waals surface area contributed by atoms with Crippen molar-refractivity contribution in [2.75, 3.05) is 33.6 Å². The zero-order valence-electron chi connectivity index (χ0n) is 17.6. The fraction of sp³-hybridized carbons (Fsp3) is 0.333. The zero-order chi connectivity index (χ0) is 22.6. The first-order valence-corrected chi connectivity index (χ1v) is 11.9.